The molecule has 3 atom stereocenters. The fraction of sp³-hybridized carbons (Fsp3) is 0.320. The van der Waals surface area contributed by atoms with E-state index in [1.807, 2.05) is 4.90 Å². The summed E-state index contributed by atoms with van der Waals surface area (Å²) in [5.41, 5.74) is 2.66. The Kier molecular flexibility index (Phi) is 5.45. The third-order valence-electron chi connectivity index (χ3n) is 6.09. The van der Waals surface area contributed by atoms with Crippen LogP contribution in [-0.2, 0) is 4.79 Å². The Morgan fingerprint density at radius 2 is 1.71 bits per heavy atom. The molecule has 3 aromatic carbocycles. The molecule has 3 unspecified atom stereocenters. The molecule has 3 aromatic rings. The molecule has 28 heavy (non-hydrogen) atoms. The van der Waals surface area contributed by atoms with E-state index in [4.69, 9.17) is 0 Å². The van der Waals surface area contributed by atoms with Crippen molar-refractivity contribution in [2.24, 2.45) is 5.92 Å². The van der Waals surface area contributed by atoms with Crippen LogP contribution in [0, 0.1) is 5.92 Å². The van der Waals surface area contributed by atoms with Crippen molar-refractivity contribution in [1.29, 1.82) is 0 Å². The van der Waals surface area contributed by atoms with E-state index in [1.165, 1.54) is 21.9 Å². The quantitative estimate of drug-likeness (QED) is 0.701. The third kappa shape index (κ3) is 3.81. The van der Waals surface area contributed by atoms with E-state index in [2.05, 4.69) is 85.0 Å². The number of amides is 1. The van der Waals surface area contributed by atoms with Gasteiger partial charge in [-0.05, 0) is 34.7 Å². The second-order valence-electron chi connectivity index (χ2n) is 7.90. The molecule has 1 aliphatic rings. The molecule has 1 amide bonds. The zero-order chi connectivity index (χ0) is 19.5. The molecule has 0 aromatic heterocycles. The summed E-state index contributed by atoms with van der Waals surface area (Å²) in [6, 6.07) is 25.9. The van der Waals surface area contributed by atoms with Crippen LogP contribution in [0.3, 0.4) is 0 Å². The number of carbonyl (C=O) groups excluding carboxylic acids is 1. The molecule has 0 bridgehead atoms. The zero-order valence-electron chi connectivity index (χ0n) is 16.6. The van der Waals surface area contributed by atoms with Gasteiger partial charge in [-0.25, -0.2) is 0 Å². The van der Waals surface area contributed by atoms with E-state index in [1.54, 1.807) is 6.92 Å². The summed E-state index contributed by atoms with van der Waals surface area (Å²) >= 11 is 0. The van der Waals surface area contributed by atoms with Crippen molar-refractivity contribution in [3.8, 4) is 0 Å². The van der Waals surface area contributed by atoms with Gasteiger partial charge in [0.1, 0.15) is 0 Å². The van der Waals surface area contributed by atoms with Crippen LogP contribution in [0.2, 0.25) is 0 Å². The number of rotatable bonds is 5. The molecule has 1 saturated heterocycles. The van der Waals surface area contributed by atoms with Gasteiger partial charge in [-0.3, -0.25) is 4.79 Å². The molecule has 0 saturated carbocycles. The van der Waals surface area contributed by atoms with Gasteiger partial charge in [0, 0.05) is 38.5 Å². The van der Waals surface area contributed by atoms with Gasteiger partial charge in [-0.15, -0.1) is 0 Å². The molecular formula is C25H28N2O. The van der Waals surface area contributed by atoms with Gasteiger partial charge >= 0.3 is 0 Å². The zero-order valence-corrected chi connectivity index (χ0v) is 16.6. The normalized spacial score (nSPS) is 20.4. The number of carbonyl (C=O) groups is 1. The molecule has 0 spiro atoms. The minimum atomic E-state index is 0.172. The van der Waals surface area contributed by atoms with E-state index in [9.17, 15) is 4.79 Å². The number of hydrogen-bond acceptors (Lipinski definition) is 2. The van der Waals surface area contributed by atoms with E-state index in [-0.39, 0.29) is 11.9 Å². The third-order valence-corrected chi connectivity index (χ3v) is 6.09. The Morgan fingerprint density at radius 1 is 1.00 bits per heavy atom. The highest BCUT2D eigenvalue weighted by atomic mass is 16.2. The van der Waals surface area contributed by atoms with Gasteiger partial charge in [-0.2, -0.15) is 0 Å². The Morgan fingerprint density at radius 3 is 2.50 bits per heavy atom. The highest BCUT2D eigenvalue weighted by Crippen LogP contribution is 2.33. The first-order valence-electron chi connectivity index (χ1n) is 10.1. The number of hydrogen-bond donors (Lipinski definition) is 1. The lowest BCUT2D eigenvalue weighted by Crippen LogP contribution is -2.31. The first kappa shape index (κ1) is 18.7. The summed E-state index contributed by atoms with van der Waals surface area (Å²) in [6.07, 6.45) is 0. The maximum atomic E-state index is 12.0. The average Bonchev–Trinajstić information content (AvgIpc) is 3.17. The highest BCUT2D eigenvalue weighted by molar-refractivity contribution is 5.86. The molecule has 4 rings (SSSR count). The van der Waals surface area contributed by atoms with Gasteiger partial charge < -0.3 is 10.2 Å². The summed E-state index contributed by atoms with van der Waals surface area (Å²) in [5, 5.41) is 6.34. The Labute approximate surface area is 167 Å². The molecule has 1 fully saturated rings. The minimum Gasteiger partial charge on any atom is -0.342 e. The van der Waals surface area contributed by atoms with Crippen molar-refractivity contribution in [1.82, 2.24) is 10.2 Å². The van der Waals surface area contributed by atoms with Gasteiger partial charge in [-0.1, -0.05) is 72.8 Å². The molecule has 3 heteroatoms. The van der Waals surface area contributed by atoms with Crippen LogP contribution in [0.25, 0.3) is 10.8 Å². The number of fused-ring (bicyclic) bond motifs is 1. The molecule has 0 aliphatic carbocycles. The Balaban J connectivity index is 1.51. The van der Waals surface area contributed by atoms with Crippen LogP contribution in [0.5, 0.6) is 0 Å². The standard InChI is InChI=1S/C25H28N2O/c1-18(23-14-8-12-20-11-6-7-13-24(20)23)26-15-22-16-27(19(2)28)17-25(22)21-9-4-3-5-10-21/h3-14,18,22,25-26H,15-17H2,1-2H3. The predicted molar refractivity (Wildman–Crippen MR) is 115 cm³/mol. The van der Waals surface area contributed by atoms with Crippen molar-refractivity contribution in [2.45, 2.75) is 25.8 Å². The first-order chi connectivity index (χ1) is 13.6. The summed E-state index contributed by atoms with van der Waals surface area (Å²) in [5.74, 6) is 0.978. The van der Waals surface area contributed by atoms with Gasteiger partial charge in [0.05, 0.1) is 0 Å². The highest BCUT2D eigenvalue weighted by Gasteiger charge is 2.34. The molecule has 1 heterocycles. The molecule has 0 radical (unpaired) electrons. The van der Waals surface area contributed by atoms with Crippen molar-refractivity contribution >= 4 is 16.7 Å². The molecule has 144 valence electrons. The van der Waals surface area contributed by atoms with Crippen LogP contribution in [0.4, 0.5) is 0 Å². The SMILES string of the molecule is CC(=O)N1CC(CNC(C)c2cccc3ccccc23)C(c2ccccc2)C1. The molecule has 1 N–H and O–H groups in total. The lowest BCUT2D eigenvalue weighted by Gasteiger charge is -2.23. The Bertz CT molecular complexity index is 948. The van der Waals surface area contributed by atoms with Crippen LogP contribution in [0.15, 0.2) is 72.8 Å². The second kappa shape index (κ2) is 8.15. The minimum absolute atomic E-state index is 0.172. The summed E-state index contributed by atoms with van der Waals surface area (Å²) in [6.45, 7) is 6.44. The molecule has 1 aliphatic heterocycles. The topological polar surface area (TPSA) is 32.3 Å². The van der Waals surface area contributed by atoms with E-state index < -0.39 is 0 Å². The number of nitrogens with one attached hydrogen (secondary N) is 1. The van der Waals surface area contributed by atoms with Crippen molar-refractivity contribution in [3.63, 3.8) is 0 Å². The maximum absolute atomic E-state index is 12.0. The summed E-state index contributed by atoms with van der Waals surface area (Å²) in [4.78, 5) is 14.0. The van der Waals surface area contributed by atoms with Gasteiger partial charge in [0.25, 0.3) is 0 Å². The smallest absolute Gasteiger partial charge is 0.219 e. The maximum Gasteiger partial charge on any atom is 0.219 e. The van der Waals surface area contributed by atoms with Crippen LogP contribution < -0.4 is 5.32 Å². The number of likely N-dealkylation sites (tertiary alicyclic amines) is 1. The lowest BCUT2D eigenvalue weighted by molar-refractivity contribution is -0.127. The molecule has 3 nitrogen and oxygen atoms in total. The average molecular weight is 373 g/mol. The predicted octanol–water partition coefficient (Wildman–Crippen LogP) is 4.75. The second-order valence-corrected chi connectivity index (χ2v) is 7.90. The van der Waals surface area contributed by atoms with Crippen LogP contribution in [-0.4, -0.2) is 30.4 Å². The monoisotopic (exact) mass is 372 g/mol. The van der Waals surface area contributed by atoms with Crippen molar-refractivity contribution < 1.29 is 4.79 Å². The fourth-order valence-electron chi connectivity index (χ4n) is 4.48. The van der Waals surface area contributed by atoms with Crippen LogP contribution >= 0.6 is 0 Å². The van der Waals surface area contributed by atoms with E-state index >= 15 is 0 Å². The van der Waals surface area contributed by atoms with Crippen molar-refractivity contribution in [2.75, 3.05) is 19.6 Å². The van der Waals surface area contributed by atoms with Crippen LogP contribution in [0.1, 0.15) is 36.9 Å². The first-order valence-corrected chi connectivity index (χ1v) is 10.1. The number of benzene rings is 3. The molecular weight excluding hydrogens is 344 g/mol. The van der Waals surface area contributed by atoms with Gasteiger partial charge in [0.15, 0.2) is 0 Å². The van der Waals surface area contributed by atoms with E-state index in [0.29, 0.717) is 11.8 Å². The largest absolute Gasteiger partial charge is 0.342 e. The van der Waals surface area contributed by atoms with E-state index in [0.717, 1.165) is 19.6 Å². The van der Waals surface area contributed by atoms with Gasteiger partial charge in [0.2, 0.25) is 5.91 Å². The number of nitrogens with zero attached hydrogens (tertiary/aromatic N) is 1. The summed E-state index contributed by atoms with van der Waals surface area (Å²) in [7, 11) is 0. The summed E-state index contributed by atoms with van der Waals surface area (Å²) < 4.78 is 0. The fourth-order valence-corrected chi connectivity index (χ4v) is 4.48. The Hall–Kier alpha value is -2.65. The van der Waals surface area contributed by atoms with Crippen molar-refractivity contribution in [3.05, 3.63) is 83.9 Å². The lowest BCUT2D eigenvalue weighted by atomic mass is 9.88.